The zero-order valence-electron chi connectivity index (χ0n) is 19.6. The lowest BCUT2D eigenvalue weighted by atomic mass is 10.0. The van der Waals surface area contributed by atoms with E-state index < -0.39 is 23.8 Å². The summed E-state index contributed by atoms with van der Waals surface area (Å²) in [6.07, 6.45) is -3.37. The van der Waals surface area contributed by atoms with Crippen LogP contribution >= 0.6 is 11.6 Å². The normalized spacial score (nSPS) is 11.2. The Morgan fingerprint density at radius 2 is 2.05 bits per heavy atom. The fraction of sp³-hybridized carbons (Fsp3) is 0.182. The van der Waals surface area contributed by atoms with E-state index >= 15 is 0 Å². The maximum Gasteiger partial charge on any atom is 0.455 e. The van der Waals surface area contributed by atoms with Gasteiger partial charge in [-0.1, -0.05) is 11.6 Å². The van der Waals surface area contributed by atoms with E-state index in [-0.39, 0.29) is 45.6 Å². The van der Waals surface area contributed by atoms with Crippen molar-refractivity contribution in [2.75, 3.05) is 11.9 Å². The average molecular weight is 545 g/mol. The van der Waals surface area contributed by atoms with Gasteiger partial charge in [-0.05, 0) is 48.0 Å². The molecule has 0 saturated carbocycles. The van der Waals surface area contributed by atoms with Gasteiger partial charge in [-0.15, -0.1) is 10.2 Å². The zero-order valence-corrected chi connectivity index (χ0v) is 20.3. The number of hydrogen-bond acceptors (Lipinski definition) is 8. The minimum Gasteiger partial charge on any atom is -0.355 e. The molecule has 0 aliphatic carbocycles. The van der Waals surface area contributed by atoms with Gasteiger partial charge < -0.3 is 5.32 Å². The number of hydrogen-bond donors (Lipinski definition) is 2. The second-order valence-electron chi connectivity index (χ2n) is 7.75. The standard InChI is InChI=1S/C22H16ClF3N10O2/c1-11-6-12(9-27)7-14(19(37)28-2)17(11)36(18-15(23)4-3-5-29-18)20(38)16-8-13(30-31-16)10-35-33-21(32-34-35)22(24,25)26/h3-8H,10H2,1-2H3,(H,28,37)(H,30,31). The number of tetrazole rings is 1. The van der Waals surface area contributed by atoms with Gasteiger partial charge in [-0.2, -0.15) is 28.3 Å². The maximum absolute atomic E-state index is 13.8. The Morgan fingerprint density at radius 3 is 2.68 bits per heavy atom. The first-order valence-electron chi connectivity index (χ1n) is 10.6. The lowest BCUT2D eigenvalue weighted by molar-refractivity contribution is -0.145. The summed E-state index contributed by atoms with van der Waals surface area (Å²) in [4.78, 5) is 32.6. The van der Waals surface area contributed by atoms with Crippen molar-refractivity contribution in [2.45, 2.75) is 19.6 Å². The van der Waals surface area contributed by atoms with Crippen LogP contribution in [0.15, 0.2) is 36.5 Å². The van der Waals surface area contributed by atoms with E-state index in [0.717, 1.165) is 4.90 Å². The molecule has 38 heavy (non-hydrogen) atoms. The fourth-order valence-corrected chi connectivity index (χ4v) is 3.74. The summed E-state index contributed by atoms with van der Waals surface area (Å²) in [5.41, 5.74) is 0.691. The summed E-state index contributed by atoms with van der Waals surface area (Å²) < 4.78 is 38.3. The van der Waals surface area contributed by atoms with Crippen LogP contribution in [0, 0.1) is 18.3 Å². The second kappa shape index (κ2) is 10.3. The van der Waals surface area contributed by atoms with Gasteiger partial charge >= 0.3 is 6.18 Å². The number of amides is 2. The first kappa shape index (κ1) is 26.2. The third-order valence-corrected chi connectivity index (χ3v) is 5.44. The quantitative estimate of drug-likeness (QED) is 0.375. The van der Waals surface area contributed by atoms with Gasteiger partial charge in [-0.3, -0.25) is 19.6 Å². The third kappa shape index (κ3) is 5.15. The van der Waals surface area contributed by atoms with Gasteiger partial charge in [-0.25, -0.2) is 4.98 Å². The molecule has 4 aromatic rings. The number of halogens is 4. The minimum atomic E-state index is -4.77. The van der Waals surface area contributed by atoms with Crippen molar-refractivity contribution in [3.63, 3.8) is 0 Å². The molecule has 0 unspecified atom stereocenters. The van der Waals surface area contributed by atoms with Crippen molar-refractivity contribution in [1.82, 2.24) is 40.7 Å². The Labute approximate surface area is 217 Å². The molecule has 0 fully saturated rings. The van der Waals surface area contributed by atoms with E-state index in [9.17, 15) is 28.0 Å². The predicted molar refractivity (Wildman–Crippen MR) is 126 cm³/mol. The number of nitrogens with one attached hydrogen (secondary N) is 2. The summed E-state index contributed by atoms with van der Waals surface area (Å²) in [5, 5.41) is 28.1. The van der Waals surface area contributed by atoms with Crippen molar-refractivity contribution in [3.8, 4) is 6.07 Å². The number of aryl methyl sites for hydroxylation is 1. The van der Waals surface area contributed by atoms with Crippen LogP contribution in [-0.2, 0) is 12.7 Å². The van der Waals surface area contributed by atoms with Crippen molar-refractivity contribution in [3.05, 3.63) is 75.5 Å². The average Bonchev–Trinajstić information content (AvgIpc) is 3.55. The number of alkyl halides is 3. The van der Waals surface area contributed by atoms with Gasteiger partial charge in [0.05, 0.1) is 33.6 Å². The lowest BCUT2D eigenvalue weighted by Gasteiger charge is -2.26. The summed E-state index contributed by atoms with van der Waals surface area (Å²) in [6.45, 7) is 1.30. The van der Waals surface area contributed by atoms with E-state index in [1.807, 2.05) is 6.07 Å². The van der Waals surface area contributed by atoms with Crippen molar-refractivity contribution < 1.29 is 22.8 Å². The van der Waals surface area contributed by atoms with E-state index in [1.54, 1.807) is 13.0 Å². The fourth-order valence-electron chi connectivity index (χ4n) is 3.54. The first-order valence-corrected chi connectivity index (χ1v) is 11.0. The largest absolute Gasteiger partial charge is 0.455 e. The predicted octanol–water partition coefficient (Wildman–Crippen LogP) is 3.03. The molecule has 4 rings (SSSR count). The van der Waals surface area contributed by atoms with E-state index in [1.165, 1.54) is 37.5 Å². The number of nitrogens with zero attached hydrogens (tertiary/aromatic N) is 8. The molecule has 2 N–H and O–H groups in total. The molecule has 0 saturated heterocycles. The molecule has 0 atom stereocenters. The molecule has 3 aromatic heterocycles. The Bertz CT molecular complexity index is 1570. The summed E-state index contributed by atoms with van der Waals surface area (Å²) >= 11 is 6.37. The summed E-state index contributed by atoms with van der Waals surface area (Å²) in [5.74, 6) is -2.78. The monoisotopic (exact) mass is 544 g/mol. The highest BCUT2D eigenvalue weighted by Crippen LogP contribution is 2.36. The highest BCUT2D eigenvalue weighted by molar-refractivity contribution is 6.34. The summed E-state index contributed by atoms with van der Waals surface area (Å²) in [6, 6.07) is 9.10. The zero-order chi connectivity index (χ0) is 27.6. The Morgan fingerprint density at radius 1 is 1.29 bits per heavy atom. The van der Waals surface area contributed by atoms with E-state index in [2.05, 4.69) is 35.9 Å². The Balaban J connectivity index is 1.79. The Hall–Kier alpha value is -4.84. The molecule has 12 nitrogen and oxygen atoms in total. The van der Waals surface area contributed by atoms with Crippen molar-refractivity contribution in [1.29, 1.82) is 5.26 Å². The van der Waals surface area contributed by atoms with Crippen molar-refractivity contribution in [2.24, 2.45) is 0 Å². The van der Waals surface area contributed by atoms with E-state index in [0.29, 0.717) is 10.4 Å². The second-order valence-corrected chi connectivity index (χ2v) is 8.16. The van der Waals surface area contributed by atoms with Crippen LogP contribution in [0.2, 0.25) is 5.02 Å². The van der Waals surface area contributed by atoms with Crippen molar-refractivity contribution >= 4 is 34.9 Å². The number of H-pyrrole nitrogens is 1. The van der Waals surface area contributed by atoms with Crippen LogP contribution < -0.4 is 10.2 Å². The number of anilines is 2. The highest BCUT2D eigenvalue weighted by atomic mass is 35.5. The number of nitriles is 1. The van der Waals surface area contributed by atoms with Crippen LogP contribution in [0.5, 0.6) is 0 Å². The van der Waals surface area contributed by atoms with Crippen LogP contribution in [0.25, 0.3) is 0 Å². The number of aromatic nitrogens is 7. The van der Waals surface area contributed by atoms with Gasteiger partial charge in [0.2, 0.25) is 0 Å². The van der Waals surface area contributed by atoms with Gasteiger partial charge in [0, 0.05) is 13.2 Å². The van der Waals surface area contributed by atoms with Crippen LogP contribution in [0.3, 0.4) is 0 Å². The topological polar surface area (TPSA) is 158 Å². The van der Waals surface area contributed by atoms with Crippen LogP contribution in [-0.4, -0.2) is 54.3 Å². The number of aromatic amines is 1. The number of benzene rings is 1. The van der Waals surface area contributed by atoms with Crippen LogP contribution in [0.4, 0.5) is 24.7 Å². The van der Waals surface area contributed by atoms with E-state index in [4.69, 9.17) is 11.6 Å². The third-order valence-electron chi connectivity index (χ3n) is 5.15. The number of carbonyl (C=O) groups is 2. The molecule has 194 valence electrons. The molecule has 1 aromatic carbocycles. The van der Waals surface area contributed by atoms with Gasteiger partial charge in [0.1, 0.15) is 6.54 Å². The highest BCUT2D eigenvalue weighted by Gasteiger charge is 2.37. The first-order chi connectivity index (χ1) is 18.0. The smallest absolute Gasteiger partial charge is 0.355 e. The summed E-state index contributed by atoms with van der Waals surface area (Å²) in [7, 11) is 1.39. The molecule has 0 aliphatic rings. The maximum atomic E-state index is 13.8. The molecule has 0 spiro atoms. The molecular formula is C22H16ClF3N10O2. The molecule has 0 radical (unpaired) electrons. The van der Waals surface area contributed by atoms with Gasteiger partial charge in [0.15, 0.2) is 11.5 Å². The molecule has 0 bridgehead atoms. The number of carbonyl (C=O) groups excluding carboxylic acids is 2. The molecular weight excluding hydrogens is 529 g/mol. The lowest BCUT2D eigenvalue weighted by Crippen LogP contribution is -2.31. The minimum absolute atomic E-state index is 0.00127. The number of pyridine rings is 1. The molecule has 3 heterocycles. The molecule has 0 aliphatic heterocycles. The molecule has 16 heteroatoms. The van der Waals surface area contributed by atoms with Gasteiger partial charge in [0.25, 0.3) is 17.6 Å². The number of rotatable bonds is 6. The molecule has 2 amide bonds. The SMILES string of the molecule is CNC(=O)c1cc(C#N)cc(C)c1N(C(=O)c1cc(Cn2nnc(C(F)(F)F)n2)[nH]n1)c1ncccc1Cl. The Kier molecular flexibility index (Phi) is 7.08. The van der Waals surface area contributed by atoms with Crippen LogP contribution in [0.1, 0.15) is 43.5 Å².